The molecule has 3 rings (SSSR count). The molecule has 2 fully saturated rings. The van der Waals surface area contributed by atoms with Gasteiger partial charge in [0.1, 0.15) is 0 Å². The number of nitrogens with zero attached hydrogens (tertiary/aromatic N) is 2. The molecule has 2 heterocycles. The minimum Gasteiger partial charge on any atom is -0.450 e. The second kappa shape index (κ2) is 9.93. The molecule has 0 saturated carbocycles. The van der Waals surface area contributed by atoms with Crippen LogP contribution in [0.25, 0.3) is 0 Å². The predicted molar refractivity (Wildman–Crippen MR) is 104 cm³/mol. The molecule has 2 saturated heterocycles. The van der Waals surface area contributed by atoms with E-state index in [0.29, 0.717) is 19.2 Å². The average molecular weight is 360 g/mol. The van der Waals surface area contributed by atoms with Crippen LogP contribution in [0.5, 0.6) is 0 Å². The Bertz CT molecular complexity index is 551. The van der Waals surface area contributed by atoms with E-state index in [0.717, 1.165) is 38.3 Å². The highest BCUT2D eigenvalue weighted by molar-refractivity contribution is 5.66. The van der Waals surface area contributed by atoms with Gasteiger partial charge in [-0.15, -0.1) is 0 Å². The summed E-state index contributed by atoms with van der Waals surface area (Å²) in [5, 5.41) is 2.86. The maximum Gasteiger partial charge on any atom is 0.407 e. The lowest BCUT2D eigenvalue weighted by Crippen LogP contribution is -2.35. The number of carbonyl (C=O) groups excluding carboxylic acids is 1. The average Bonchev–Trinajstić information content (AvgIpc) is 3.21. The first kappa shape index (κ1) is 19.2. The Balaban J connectivity index is 1.33. The molecule has 1 aromatic rings. The topological polar surface area (TPSA) is 44.8 Å². The van der Waals surface area contributed by atoms with Gasteiger partial charge in [-0.3, -0.25) is 4.90 Å². The van der Waals surface area contributed by atoms with Gasteiger partial charge in [0.25, 0.3) is 0 Å². The van der Waals surface area contributed by atoms with Crippen molar-refractivity contribution in [2.45, 2.75) is 45.2 Å². The maximum atomic E-state index is 11.5. The summed E-state index contributed by atoms with van der Waals surface area (Å²) in [6.45, 7) is 9.04. The van der Waals surface area contributed by atoms with Crippen LogP contribution in [0.3, 0.4) is 0 Å². The van der Waals surface area contributed by atoms with E-state index in [1.54, 1.807) is 0 Å². The van der Waals surface area contributed by atoms with Crippen LogP contribution < -0.4 is 5.32 Å². The van der Waals surface area contributed by atoms with Gasteiger partial charge in [-0.2, -0.15) is 0 Å². The predicted octanol–water partition coefficient (Wildman–Crippen LogP) is 3.11. The lowest BCUT2D eigenvalue weighted by atomic mass is 10.0. The van der Waals surface area contributed by atoms with Gasteiger partial charge in [0.15, 0.2) is 0 Å². The van der Waals surface area contributed by atoms with Gasteiger partial charge in [-0.1, -0.05) is 43.7 Å². The number of ether oxygens (including phenoxy) is 1. The van der Waals surface area contributed by atoms with Crippen LogP contribution in [0.15, 0.2) is 30.3 Å². The molecule has 1 aromatic carbocycles. The summed E-state index contributed by atoms with van der Waals surface area (Å²) in [4.78, 5) is 16.8. The van der Waals surface area contributed by atoms with Crippen LogP contribution >= 0.6 is 0 Å². The van der Waals surface area contributed by atoms with E-state index in [2.05, 4.69) is 52.4 Å². The van der Waals surface area contributed by atoms with Crippen LogP contribution in [-0.2, 0) is 11.3 Å². The summed E-state index contributed by atoms with van der Waals surface area (Å²) in [7, 11) is 0. The van der Waals surface area contributed by atoms with Crippen molar-refractivity contribution in [3.63, 3.8) is 0 Å². The molecule has 26 heavy (non-hydrogen) atoms. The van der Waals surface area contributed by atoms with Gasteiger partial charge in [0.2, 0.25) is 0 Å². The monoisotopic (exact) mass is 359 g/mol. The molecule has 0 aliphatic carbocycles. The van der Waals surface area contributed by atoms with Crippen molar-refractivity contribution in [2.24, 2.45) is 5.92 Å². The van der Waals surface area contributed by atoms with Crippen LogP contribution in [0.2, 0.25) is 0 Å². The van der Waals surface area contributed by atoms with Crippen LogP contribution in [0.1, 0.15) is 38.2 Å². The summed E-state index contributed by atoms with van der Waals surface area (Å²) >= 11 is 0. The van der Waals surface area contributed by atoms with Crippen molar-refractivity contribution < 1.29 is 9.53 Å². The molecule has 5 nitrogen and oxygen atoms in total. The number of hydrogen-bond acceptors (Lipinski definition) is 4. The van der Waals surface area contributed by atoms with Crippen molar-refractivity contribution in [3.8, 4) is 0 Å². The van der Waals surface area contributed by atoms with E-state index in [1.807, 2.05) is 0 Å². The number of alkyl carbamates (subject to hydrolysis) is 1. The highest BCUT2D eigenvalue weighted by Crippen LogP contribution is 2.32. The molecule has 5 heteroatoms. The number of likely N-dealkylation sites (tertiary alicyclic amines) is 2. The first-order chi connectivity index (χ1) is 12.8. The van der Waals surface area contributed by atoms with E-state index in [4.69, 9.17) is 4.74 Å². The minimum atomic E-state index is -0.272. The van der Waals surface area contributed by atoms with Gasteiger partial charge in [-0.25, -0.2) is 4.79 Å². The number of fused-ring (bicyclic) bond motifs is 1. The molecule has 0 radical (unpaired) electrons. The first-order valence-electron chi connectivity index (χ1n) is 10.2. The quantitative estimate of drug-likeness (QED) is 0.688. The molecule has 2 atom stereocenters. The SMILES string of the molecule is CCCCOC(=O)NCCCN1CC2CCN(Cc3ccccc3)C2C1. The van der Waals surface area contributed by atoms with Crippen LogP contribution in [0, 0.1) is 5.92 Å². The summed E-state index contributed by atoms with van der Waals surface area (Å²) in [6, 6.07) is 11.5. The summed E-state index contributed by atoms with van der Waals surface area (Å²) in [5.74, 6) is 0.811. The van der Waals surface area contributed by atoms with Gasteiger partial charge < -0.3 is 15.0 Å². The van der Waals surface area contributed by atoms with Crippen LogP contribution in [0.4, 0.5) is 4.79 Å². The molecule has 144 valence electrons. The molecule has 0 spiro atoms. The summed E-state index contributed by atoms with van der Waals surface area (Å²) < 4.78 is 5.12. The van der Waals surface area contributed by atoms with E-state index in [-0.39, 0.29) is 6.09 Å². The normalized spacial score (nSPS) is 23.1. The third-order valence-corrected chi connectivity index (χ3v) is 5.62. The zero-order valence-electron chi connectivity index (χ0n) is 16.0. The molecular weight excluding hydrogens is 326 g/mol. The number of rotatable bonds is 9. The molecular formula is C21H33N3O2. The van der Waals surface area contributed by atoms with Crippen molar-refractivity contribution in [3.05, 3.63) is 35.9 Å². The molecule has 2 unspecified atom stereocenters. The molecule has 1 N–H and O–H groups in total. The maximum absolute atomic E-state index is 11.5. The number of nitrogens with one attached hydrogen (secondary N) is 1. The Kier molecular flexibility index (Phi) is 7.32. The molecule has 0 aromatic heterocycles. The summed E-state index contributed by atoms with van der Waals surface area (Å²) in [6.07, 6.45) is 4.01. The zero-order valence-corrected chi connectivity index (χ0v) is 16.0. The van der Waals surface area contributed by atoms with Crippen LogP contribution in [-0.4, -0.2) is 61.3 Å². The molecule has 2 aliphatic heterocycles. The summed E-state index contributed by atoms with van der Waals surface area (Å²) in [5.41, 5.74) is 1.41. The second-order valence-electron chi connectivity index (χ2n) is 7.60. The third-order valence-electron chi connectivity index (χ3n) is 5.62. The highest BCUT2D eigenvalue weighted by atomic mass is 16.5. The Hall–Kier alpha value is -1.59. The fraction of sp³-hybridized carbons (Fsp3) is 0.667. The Morgan fingerprint density at radius 1 is 1.23 bits per heavy atom. The van der Waals surface area contributed by atoms with Crippen molar-refractivity contribution >= 4 is 6.09 Å². The minimum absolute atomic E-state index is 0.272. The Morgan fingerprint density at radius 3 is 2.88 bits per heavy atom. The lowest BCUT2D eigenvalue weighted by Gasteiger charge is -2.25. The smallest absolute Gasteiger partial charge is 0.407 e. The Morgan fingerprint density at radius 2 is 2.08 bits per heavy atom. The standard InChI is InChI=1S/C21H33N3O2/c1-2-3-14-26-21(25)22-11-7-12-23-16-19-10-13-24(20(19)17-23)15-18-8-5-4-6-9-18/h4-6,8-9,19-20H,2-3,7,10-17H2,1H3,(H,22,25). The Labute approximate surface area is 157 Å². The second-order valence-corrected chi connectivity index (χ2v) is 7.60. The molecule has 0 bridgehead atoms. The van der Waals surface area contributed by atoms with E-state index >= 15 is 0 Å². The van der Waals surface area contributed by atoms with E-state index in [9.17, 15) is 4.79 Å². The number of benzene rings is 1. The number of carbonyl (C=O) groups is 1. The van der Waals surface area contributed by atoms with Gasteiger partial charge in [0.05, 0.1) is 6.61 Å². The molecule has 2 aliphatic rings. The van der Waals surface area contributed by atoms with Gasteiger partial charge in [-0.05, 0) is 43.8 Å². The fourth-order valence-electron chi connectivity index (χ4n) is 4.19. The first-order valence-corrected chi connectivity index (χ1v) is 10.2. The lowest BCUT2D eigenvalue weighted by molar-refractivity contribution is 0.144. The van der Waals surface area contributed by atoms with E-state index < -0.39 is 0 Å². The number of amides is 1. The third kappa shape index (κ3) is 5.45. The van der Waals surface area contributed by atoms with Gasteiger partial charge >= 0.3 is 6.09 Å². The number of unbranched alkanes of at least 4 members (excludes halogenated alkanes) is 1. The van der Waals surface area contributed by atoms with Crippen molar-refractivity contribution in [1.29, 1.82) is 0 Å². The zero-order chi connectivity index (χ0) is 18.2. The van der Waals surface area contributed by atoms with E-state index in [1.165, 1.54) is 31.6 Å². The molecule has 1 amide bonds. The van der Waals surface area contributed by atoms with Gasteiger partial charge in [0, 0.05) is 32.2 Å². The fourth-order valence-corrected chi connectivity index (χ4v) is 4.19. The number of hydrogen-bond donors (Lipinski definition) is 1. The van der Waals surface area contributed by atoms with Crippen molar-refractivity contribution in [2.75, 3.05) is 39.3 Å². The largest absolute Gasteiger partial charge is 0.450 e. The van der Waals surface area contributed by atoms with Crippen molar-refractivity contribution in [1.82, 2.24) is 15.1 Å². The highest BCUT2D eigenvalue weighted by Gasteiger charge is 2.40.